The predicted molar refractivity (Wildman–Crippen MR) is 62.8 cm³/mol. The van der Waals surface area contributed by atoms with E-state index in [2.05, 4.69) is 21.2 Å². The quantitative estimate of drug-likeness (QED) is 0.824. The van der Waals surface area contributed by atoms with Gasteiger partial charge in [-0.3, -0.25) is 4.79 Å². The van der Waals surface area contributed by atoms with Gasteiger partial charge >= 0.3 is 0 Å². The summed E-state index contributed by atoms with van der Waals surface area (Å²) in [6, 6.07) is 4.48. The summed E-state index contributed by atoms with van der Waals surface area (Å²) < 4.78 is 12.3. The molecule has 0 atom stereocenters. The maximum absolute atomic E-state index is 12.9. The lowest BCUT2D eigenvalue weighted by atomic mass is 10.1. The summed E-state index contributed by atoms with van der Waals surface area (Å²) in [6.07, 6.45) is 0. The Morgan fingerprint density at radius 3 is 2.53 bits per heavy atom. The van der Waals surface area contributed by atoms with Gasteiger partial charge in [-0.1, -0.05) is 15.9 Å². The third-order valence-corrected chi connectivity index (χ3v) is 2.32. The molecule has 82 valence electrons. The molecule has 0 saturated carbocycles. The molecular formula is C11H13BrFNO. The minimum atomic E-state index is -0.630. The van der Waals surface area contributed by atoms with E-state index in [-0.39, 0.29) is 11.7 Å². The number of rotatable bonds is 2. The molecule has 0 fully saturated rings. The van der Waals surface area contributed by atoms with Crippen LogP contribution < -0.4 is 5.32 Å². The molecule has 0 aliphatic rings. The van der Waals surface area contributed by atoms with Crippen LogP contribution in [0.2, 0.25) is 0 Å². The van der Waals surface area contributed by atoms with Crippen molar-refractivity contribution >= 4 is 27.5 Å². The Hall–Kier alpha value is -0.900. The van der Waals surface area contributed by atoms with Gasteiger partial charge in [-0.15, -0.1) is 0 Å². The minimum Gasteiger partial charge on any atom is -0.325 e. The van der Waals surface area contributed by atoms with Crippen LogP contribution in [-0.4, -0.2) is 10.2 Å². The predicted octanol–water partition coefficient (Wildman–Crippen LogP) is 3.25. The monoisotopic (exact) mass is 273 g/mol. The zero-order valence-electron chi connectivity index (χ0n) is 8.90. The number of hydrogen-bond acceptors (Lipinski definition) is 1. The average Bonchev–Trinajstić information content (AvgIpc) is 2.10. The highest BCUT2D eigenvalue weighted by molar-refractivity contribution is 9.10. The van der Waals surface area contributed by atoms with Crippen molar-refractivity contribution in [1.82, 2.24) is 0 Å². The summed E-state index contributed by atoms with van der Waals surface area (Å²) in [5.74, 6) is -0.431. The SMILES string of the molecule is Cc1cc(NC(=O)C(C)(C)Br)ccc1F. The van der Waals surface area contributed by atoms with Gasteiger partial charge in [-0.25, -0.2) is 4.39 Å². The highest BCUT2D eigenvalue weighted by Gasteiger charge is 2.23. The van der Waals surface area contributed by atoms with Crippen LogP contribution in [0.5, 0.6) is 0 Å². The third-order valence-electron chi connectivity index (χ3n) is 1.96. The van der Waals surface area contributed by atoms with Gasteiger partial charge < -0.3 is 5.32 Å². The van der Waals surface area contributed by atoms with E-state index in [0.717, 1.165) is 0 Å². The van der Waals surface area contributed by atoms with Gasteiger partial charge in [-0.05, 0) is 44.5 Å². The van der Waals surface area contributed by atoms with Crippen molar-refractivity contribution < 1.29 is 9.18 Å². The topological polar surface area (TPSA) is 29.1 Å². The Morgan fingerprint density at radius 1 is 1.47 bits per heavy atom. The van der Waals surface area contributed by atoms with Crippen LogP contribution in [0.1, 0.15) is 19.4 Å². The molecule has 0 saturated heterocycles. The zero-order chi connectivity index (χ0) is 11.6. The molecule has 0 unspecified atom stereocenters. The Labute approximate surface area is 97.0 Å². The third kappa shape index (κ3) is 3.30. The van der Waals surface area contributed by atoms with Crippen LogP contribution in [0.25, 0.3) is 0 Å². The molecule has 1 aromatic carbocycles. The molecule has 1 rings (SSSR count). The van der Waals surface area contributed by atoms with Gasteiger partial charge in [0.2, 0.25) is 5.91 Å². The van der Waals surface area contributed by atoms with E-state index in [1.165, 1.54) is 6.07 Å². The first kappa shape index (κ1) is 12.2. The van der Waals surface area contributed by atoms with Crippen LogP contribution in [0, 0.1) is 12.7 Å². The van der Waals surface area contributed by atoms with Crippen molar-refractivity contribution in [3.05, 3.63) is 29.6 Å². The Balaban J connectivity index is 2.83. The lowest BCUT2D eigenvalue weighted by Gasteiger charge is -2.16. The van der Waals surface area contributed by atoms with Gasteiger partial charge in [-0.2, -0.15) is 0 Å². The first-order chi connectivity index (χ1) is 6.80. The molecular weight excluding hydrogens is 261 g/mol. The molecule has 15 heavy (non-hydrogen) atoms. The molecule has 0 spiro atoms. The summed E-state index contributed by atoms with van der Waals surface area (Å²) in [5, 5.41) is 2.70. The maximum atomic E-state index is 12.9. The fourth-order valence-electron chi connectivity index (χ4n) is 1.00. The molecule has 0 aliphatic carbocycles. The molecule has 2 nitrogen and oxygen atoms in total. The lowest BCUT2D eigenvalue weighted by molar-refractivity contribution is -0.117. The standard InChI is InChI=1S/C11H13BrFNO/c1-7-6-8(4-5-9(7)13)14-10(15)11(2,3)12/h4-6H,1-3H3,(H,14,15). The van der Waals surface area contributed by atoms with Crippen LogP contribution in [0.15, 0.2) is 18.2 Å². The molecule has 0 heterocycles. The van der Waals surface area contributed by atoms with Crippen LogP contribution in [0.4, 0.5) is 10.1 Å². The van der Waals surface area contributed by atoms with E-state index in [4.69, 9.17) is 0 Å². The number of alkyl halides is 1. The number of aryl methyl sites for hydroxylation is 1. The average molecular weight is 274 g/mol. The second-order valence-electron chi connectivity index (χ2n) is 3.89. The van der Waals surface area contributed by atoms with Gasteiger partial charge in [0.25, 0.3) is 0 Å². The molecule has 0 bridgehead atoms. The zero-order valence-corrected chi connectivity index (χ0v) is 10.5. The van der Waals surface area contributed by atoms with E-state index in [1.807, 2.05) is 0 Å². The number of carbonyl (C=O) groups excluding carboxylic acids is 1. The second-order valence-corrected chi connectivity index (χ2v) is 5.87. The number of benzene rings is 1. The number of amides is 1. The van der Waals surface area contributed by atoms with E-state index in [9.17, 15) is 9.18 Å². The molecule has 4 heteroatoms. The number of nitrogens with one attached hydrogen (secondary N) is 1. The second kappa shape index (κ2) is 4.31. The Bertz CT molecular complexity index is 385. The first-order valence-electron chi connectivity index (χ1n) is 4.57. The molecule has 1 amide bonds. The lowest BCUT2D eigenvalue weighted by Crippen LogP contribution is -2.30. The summed E-state index contributed by atoms with van der Waals surface area (Å²) in [7, 11) is 0. The Kier molecular flexibility index (Phi) is 3.50. The molecule has 1 aromatic rings. The van der Waals surface area contributed by atoms with E-state index in [1.54, 1.807) is 32.9 Å². The van der Waals surface area contributed by atoms with E-state index < -0.39 is 4.32 Å². The van der Waals surface area contributed by atoms with Gasteiger partial charge in [0.15, 0.2) is 0 Å². The summed E-state index contributed by atoms with van der Waals surface area (Å²) >= 11 is 3.25. The number of anilines is 1. The normalized spacial score (nSPS) is 11.3. The number of carbonyl (C=O) groups is 1. The molecule has 0 aliphatic heterocycles. The van der Waals surface area contributed by atoms with E-state index in [0.29, 0.717) is 11.3 Å². The van der Waals surface area contributed by atoms with Crippen LogP contribution >= 0.6 is 15.9 Å². The van der Waals surface area contributed by atoms with Crippen LogP contribution in [-0.2, 0) is 4.79 Å². The molecule has 1 N–H and O–H groups in total. The van der Waals surface area contributed by atoms with Gasteiger partial charge in [0.05, 0.1) is 4.32 Å². The molecule has 0 aromatic heterocycles. The Morgan fingerprint density at radius 2 is 2.07 bits per heavy atom. The number of hydrogen-bond donors (Lipinski definition) is 1. The van der Waals surface area contributed by atoms with Crippen molar-refractivity contribution in [1.29, 1.82) is 0 Å². The van der Waals surface area contributed by atoms with Crippen molar-refractivity contribution in [3.8, 4) is 0 Å². The van der Waals surface area contributed by atoms with Crippen molar-refractivity contribution in [3.63, 3.8) is 0 Å². The fraction of sp³-hybridized carbons (Fsp3) is 0.364. The van der Waals surface area contributed by atoms with Crippen LogP contribution in [0.3, 0.4) is 0 Å². The fourth-order valence-corrected chi connectivity index (χ4v) is 1.10. The number of halogens is 2. The minimum absolute atomic E-state index is 0.159. The first-order valence-corrected chi connectivity index (χ1v) is 5.36. The smallest absolute Gasteiger partial charge is 0.240 e. The summed E-state index contributed by atoms with van der Waals surface area (Å²) in [5.41, 5.74) is 1.12. The molecule has 0 radical (unpaired) electrons. The van der Waals surface area contributed by atoms with Crippen molar-refractivity contribution in [2.24, 2.45) is 0 Å². The maximum Gasteiger partial charge on any atom is 0.240 e. The van der Waals surface area contributed by atoms with Crippen molar-refractivity contribution in [2.75, 3.05) is 5.32 Å². The van der Waals surface area contributed by atoms with Gasteiger partial charge in [0.1, 0.15) is 5.82 Å². The van der Waals surface area contributed by atoms with E-state index >= 15 is 0 Å². The van der Waals surface area contributed by atoms with Crippen molar-refractivity contribution in [2.45, 2.75) is 25.1 Å². The largest absolute Gasteiger partial charge is 0.325 e. The summed E-state index contributed by atoms with van der Waals surface area (Å²) in [6.45, 7) is 5.15. The highest BCUT2D eigenvalue weighted by atomic mass is 79.9. The summed E-state index contributed by atoms with van der Waals surface area (Å²) in [4.78, 5) is 11.6. The highest BCUT2D eigenvalue weighted by Crippen LogP contribution is 2.20. The van der Waals surface area contributed by atoms with Gasteiger partial charge in [0, 0.05) is 5.69 Å².